The molecule has 7 heteroatoms. The summed E-state index contributed by atoms with van der Waals surface area (Å²) in [5.74, 6) is 0.527. The van der Waals surface area contributed by atoms with Crippen molar-refractivity contribution in [3.63, 3.8) is 0 Å². The third kappa shape index (κ3) is 3.68. The molecule has 0 aliphatic carbocycles. The number of fused-ring (bicyclic) bond motifs is 1. The number of hydrogen-bond acceptors (Lipinski definition) is 5. The molecular weight excluding hydrogens is 361 g/mol. The Labute approximate surface area is 160 Å². The van der Waals surface area contributed by atoms with Gasteiger partial charge in [-0.3, -0.25) is 0 Å². The van der Waals surface area contributed by atoms with Crippen LogP contribution in [-0.4, -0.2) is 25.0 Å². The lowest BCUT2D eigenvalue weighted by Gasteiger charge is -2.07. The number of nitrogens with zero attached hydrogens (tertiary/aromatic N) is 5. The van der Waals surface area contributed by atoms with Crippen LogP contribution >= 0.6 is 11.8 Å². The van der Waals surface area contributed by atoms with Crippen molar-refractivity contribution in [1.29, 1.82) is 0 Å². The van der Waals surface area contributed by atoms with Crippen LogP contribution in [-0.2, 0) is 12.3 Å². The van der Waals surface area contributed by atoms with E-state index in [-0.39, 0.29) is 12.4 Å². The highest BCUT2D eigenvalue weighted by molar-refractivity contribution is 7.98. The molecule has 0 aliphatic rings. The number of aryl methyl sites for hydroxylation is 2. The molecule has 2 aromatic heterocycles. The van der Waals surface area contributed by atoms with Crippen molar-refractivity contribution in [2.75, 3.05) is 0 Å². The molecule has 0 spiro atoms. The first kappa shape index (κ1) is 17.6. The molecule has 4 rings (SSSR count). The molecule has 27 heavy (non-hydrogen) atoms. The van der Waals surface area contributed by atoms with Gasteiger partial charge in [-0.25, -0.2) is 19.0 Å². The zero-order valence-electron chi connectivity index (χ0n) is 15.1. The van der Waals surface area contributed by atoms with E-state index in [0.717, 1.165) is 10.8 Å². The molecule has 0 saturated carbocycles. The lowest BCUT2D eigenvalue weighted by atomic mass is 10.1. The fraction of sp³-hybridized carbons (Fsp3) is 0.200. The number of rotatable bonds is 5. The molecule has 0 amide bonds. The number of halogens is 1. The van der Waals surface area contributed by atoms with Gasteiger partial charge in [-0.15, -0.1) is 5.10 Å². The van der Waals surface area contributed by atoms with E-state index >= 15 is 0 Å². The van der Waals surface area contributed by atoms with E-state index in [2.05, 4.69) is 52.3 Å². The average molecular weight is 379 g/mol. The van der Waals surface area contributed by atoms with Gasteiger partial charge in [0.1, 0.15) is 17.2 Å². The lowest BCUT2D eigenvalue weighted by molar-refractivity contribution is 0.582. The molecule has 0 bridgehead atoms. The van der Waals surface area contributed by atoms with Gasteiger partial charge in [0, 0.05) is 11.3 Å². The molecule has 2 aromatic carbocycles. The van der Waals surface area contributed by atoms with E-state index in [0.29, 0.717) is 16.7 Å². The van der Waals surface area contributed by atoms with Crippen LogP contribution in [0.4, 0.5) is 4.39 Å². The minimum atomic E-state index is -0.264. The van der Waals surface area contributed by atoms with Gasteiger partial charge < -0.3 is 0 Å². The lowest BCUT2D eigenvalue weighted by Crippen LogP contribution is -2.04. The van der Waals surface area contributed by atoms with Gasteiger partial charge >= 0.3 is 0 Å². The Kier molecular flexibility index (Phi) is 4.85. The summed E-state index contributed by atoms with van der Waals surface area (Å²) in [6, 6.07) is 13.1. The van der Waals surface area contributed by atoms with Crippen LogP contribution in [0.5, 0.6) is 0 Å². The van der Waals surface area contributed by atoms with Crippen LogP contribution < -0.4 is 0 Å². The normalized spacial score (nSPS) is 11.2. The van der Waals surface area contributed by atoms with E-state index in [1.807, 2.05) is 0 Å². The molecule has 4 aromatic rings. The molecule has 2 heterocycles. The van der Waals surface area contributed by atoms with E-state index in [4.69, 9.17) is 0 Å². The first-order chi connectivity index (χ1) is 13.1. The summed E-state index contributed by atoms with van der Waals surface area (Å²) >= 11 is 1.61. The van der Waals surface area contributed by atoms with Crippen LogP contribution in [0.3, 0.4) is 0 Å². The predicted molar refractivity (Wildman–Crippen MR) is 104 cm³/mol. The topological polar surface area (TPSA) is 56.5 Å². The number of hydrogen-bond donors (Lipinski definition) is 0. The molecule has 0 radical (unpaired) electrons. The second-order valence-electron chi connectivity index (χ2n) is 6.41. The maximum absolute atomic E-state index is 13.9. The largest absolute Gasteiger partial charge is 0.227 e. The Morgan fingerprint density at radius 2 is 1.89 bits per heavy atom. The van der Waals surface area contributed by atoms with Crippen molar-refractivity contribution in [1.82, 2.24) is 25.0 Å². The fourth-order valence-electron chi connectivity index (χ4n) is 2.87. The Morgan fingerprint density at radius 3 is 2.74 bits per heavy atom. The minimum Gasteiger partial charge on any atom is -0.227 e. The highest BCUT2D eigenvalue weighted by atomic mass is 32.2. The maximum atomic E-state index is 13.9. The second-order valence-corrected chi connectivity index (χ2v) is 7.37. The van der Waals surface area contributed by atoms with Crippen molar-refractivity contribution in [2.45, 2.75) is 31.2 Å². The quantitative estimate of drug-likeness (QED) is 0.382. The van der Waals surface area contributed by atoms with Gasteiger partial charge in [-0.2, -0.15) is 0 Å². The molecule has 0 saturated heterocycles. The van der Waals surface area contributed by atoms with E-state index in [1.165, 1.54) is 29.1 Å². The smallest absolute Gasteiger partial charge is 0.183 e. The molecular formula is C20H18FN5S. The first-order valence-electron chi connectivity index (χ1n) is 8.58. The number of aromatic nitrogens is 5. The van der Waals surface area contributed by atoms with Crippen molar-refractivity contribution in [3.8, 4) is 0 Å². The third-order valence-corrected chi connectivity index (χ3v) is 5.44. The summed E-state index contributed by atoms with van der Waals surface area (Å²) in [6.07, 6.45) is 1.51. The minimum absolute atomic E-state index is 0.264. The van der Waals surface area contributed by atoms with Crippen LogP contribution in [0.15, 0.2) is 53.8 Å². The summed E-state index contributed by atoms with van der Waals surface area (Å²) < 4.78 is 15.5. The molecule has 0 aliphatic heterocycles. The molecule has 0 fully saturated rings. The highest BCUT2D eigenvalue weighted by Gasteiger charge is 2.14. The molecule has 5 nitrogen and oxygen atoms in total. The Hall–Kier alpha value is -2.80. The number of benzene rings is 2. The predicted octanol–water partition coefficient (Wildman–Crippen LogP) is 4.32. The van der Waals surface area contributed by atoms with Crippen LogP contribution in [0.25, 0.3) is 11.2 Å². The number of thioether (sulfide) groups is 1. The van der Waals surface area contributed by atoms with Crippen molar-refractivity contribution in [2.24, 2.45) is 0 Å². The zero-order valence-corrected chi connectivity index (χ0v) is 15.9. The van der Waals surface area contributed by atoms with Crippen molar-refractivity contribution < 1.29 is 4.39 Å². The SMILES string of the molecule is Cc1ccc(C)c(CSc2ncnc3c2nnn3Cc2ccccc2F)c1. The zero-order chi connectivity index (χ0) is 18.8. The Balaban J connectivity index is 1.61. The van der Waals surface area contributed by atoms with E-state index < -0.39 is 0 Å². The van der Waals surface area contributed by atoms with Gasteiger partial charge in [0.15, 0.2) is 11.2 Å². The van der Waals surface area contributed by atoms with Crippen molar-refractivity contribution >= 4 is 22.9 Å². The maximum Gasteiger partial charge on any atom is 0.183 e. The molecule has 0 N–H and O–H groups in total. The van der Waals surface area contributed by atoms with Crippen LogP contribution in [0.2, 0.25) is 0 Å². The van der Waals surface area contributed by atoms with Gasteiger partial charge in [0.05, 0.1) is 6.54 Å². The summed E-state index contributed by atoms with van der Waals surface area (Å²) in [6.45, 7) is 4.47. The molecule has 0 atom stereocenters. The van der Waals surface area contributed by atoms with Gasteiger partial charge in [0.2, 0.25) is 0 Å². The highest BCUT2D eigenvalue weighted by Crippen LogP contribution is 2.27. The summed E-state index contributed by atoms with van der Waals surface area (Å²) in [4.78, 5) is 8.68. The average Bonchev–Trinajstić information content (AvgIpc) is 3.08. The second kappa shape index (κ2) is 7.44. The summed E-state index contributed by atoms with van der Waals surface area (Å²) in [5.41, 5.74) is 5.56. The van der Waals surface area contributed by atoms with Crippen LogP contribution in [0.1, 0.15) is 22.3 Å². The summed E-state index contributed by atoms with van der Waals surface area (Å²) in [7, 11) is 0. The Bertz CT molecular complexity index is 1110. The van der Waals surface area contributed by atoms with Crippen molar-refractivity contribution in [3.05, 3.63) is 76.9 Å². The Morgan fingerprint density at radius 1 is 1.04 bits per heavy atom. The summed E-state index contributed by atoms with van der Waals surface area (Å²) in [5, 5.41) is 9.18. The molecule has 136 valence electrons. The van der Waals surface area contributed by atoms with E-state index in [9.17, 15) is 4.39 Å². The van der Waals surface area contributed by atoms with Gasteiger partial charge in [-0.05, 0) is 31.0 Å². The first-order valence-corrected chi connectivity index (χ1v) is 9.57. The van der Waals surface area contributed by atoms with Gasteiger partial charge in [-0.1, -0.05) is 58.9 Å². The van der Waals surface area contributed by atoms with Gasteiger partial charge in [0.25, 0.3) is 0 Å². The molecule has 0 unspecified atom stereocenters. The monoisotopic (exact) mass is 379 g/mol. The third-order valence-electron chi connectivity index (χ3n) is 4.41. The fourth-order valence-corrected chi connectivity index (χ4v) is 3.87. The van der Waals surface area contributed by atoms with E-state index in [1.54, 1.807) is 34.6 Å². The standard InChI is InChI=1S/C20H18FN5S/c1-13-7-8-14(2)16(9-13)11-27-20-18-19(22-12-23-20)26(25-24-18)10-15-5-3-4-6-17(15)21/h3-9,12H,10-11H2,1-2H3. The van der Waals surface area contributed by atoms with Crippen LogP contribution in [0, 0.1) is 19.7 Å².